The van der Waals surface area contributed by atoms with Crippen molar-refractivity contribution in [2.24, 2.45) is 11.8 Å². The van der Waals surface area contributed by atoms with Crippen molar-refractivity contribution in [3.63, 3.8) is 0 Å². The Labute approximate surface area is 107 Å². The zero-order valence-electron chi connectivity index (χ0n) is 11.0. The molecule has 5 heteroatoms. The molecule has 0 saturated carbocycles. The molecule has 2 heterocycles. The van der Waals surface area contributed by atoms with Crippen LogP contribution < -0.4 is 0 Å². The van der Waals surface area contributed by atoms with Crippen LogP contribution in [0, 0.1) is 23.2 Å². The largest absolute Gasteiger partial charge is 0.324 e. The number of piperidine rings is 1. The molecular weight excluding hydrogens is 233 g/mol. The number of hydrogen-bond acceptors (Lipinski definition) is 2. The van der Waals surface area contributed by atoms with Crippen LogP contribution in [0.2, 0.25) is 0 Å². The lowest BCUT2D eigenvalue weighted by Gasteiger charge is -2.37. The van der Waals surface area contributed by atoms with E-state index in [1.807, 2.05) is 6.07 Å². The van der Waals surface area contributed by atoms with Crippen molar-refractivity contribution in [2.75, 3.05) is 19.6 Å². The van der Waals surface area contributed by atoms with Crippen LogP contribution >= 0.6 is 0 Å². The van der Waals surface area contributed by atoms with Crippen molar-refractivity contribution in [3.05, 3.63) is 0 Å². The maximum Gasteiger partial charge on any atom is 0.321 e. The first-order valence-corrected chi connectivity index (χ1v) is 6.62. The fourth-order valence-corrected chi connectivity index (χ4v) is 2.74. The smallest absolute Gasteiger partial charge is 0.321 e. The summed E-state index contributed by atoms with van der Waals surface area (Å²) >= 11 is 0. The van der Waals surface area contributed by atoms with Gasteiger partial charge < -0.3 is 9.80 Å². The Morgan fingerprint density at radius 3 is 2.67 bits per heavy atom. The van der Waals surface area contributed by atoms with Gasteiger partial charge in [-0.1, -0.05) is 13.8 Å². The molecule has 2 aliphatic heterocycles. The van der Waals surface area contributed by atoms with Crippen LogP contribution in [0.25, 0.3) is 0 Å². The molecule has 0 aromatic rings. The third kappa shape index (κ3) is 2.43. The number of alkyl halides is 1. The van der Waals surface area contributed by atoms with Crippen molar-refractivity contribution in [2.45, 2.75) is 38.9 Å². The van der Waals surface area contributed by atoms with Crippen molar-refractivity contribution >= 4 is 6.03 Å². The van der Waals surface area contributed by atoms with Gasteiger partial charge in [-0.2, -0.15) is 5.26 Å². The summed E-state index contributed by atoms with van der Waals surface area (Å²) in [5.41, 5.74) is 0. The van der Waals surface area contributed by atoms with Crippen molar-refractivity contribution < 1.29 is 9.18 Å². The molecule has 4 unspecified atom stereocenters. The molecule has 2 rings (SSSR count). The Morgan fingerprint density at radius 2 is 2.06 bits per heavy atom. The maximum absolute atomic E-state index is 13.3. The minimum absolute atomic E-state index is 0.0670. The summed E-state index contributed by atoms with van der Waals surface area (Å²) in [7, 11) is 0. The highest BCUT2D eigenvalue weighted by molar-refractivity contribution is 5.75. The number of carbonyl (C=O) groups excluding carboxylic acids is 1. The summed E-state index contributed by atoms with van der Waals surface area (Å²) in [5.74, 6) is 1.08. The van der Waals surface area contributed by atoms with E-state index < -0.39 is 12.2 Å². The minimum atomic E-state index is -1.06. The van der Waals surface area contributed by atoms with Gasteiger partial charge in [0.25, 0.3) is 0 Å². The Morgan fingerprint density at radius 1 is 1.33 bits per heavy atom. The molecule has 0 aromatic heterocycles. The van der Waals surface area contributed by atoms with E-state index in [0.29, 0.717) is 18.4 Å². The molecule has 2 saturated heterocycles. The lowest BCUT2D eigenvalue weighted by atomic mass is 9.89. The zero-order chi connectivity index (χ0) is 13.3. The molecule has 2 amide bonds. The number of urea groups is 1. The van der Waals surface area contributed by atoms with Gasteiger partial charge in [0.05, 0.1) is 12.6 Å². The van der Waals surface area contributed by atoms with Crippen LogP contribution in [-0.2, 0) is 0 Å². The van der Waals surface area contributed by atoms with Gasteiger partial charge in [-0.05, 0) is 18.3 Å². The predicted octanol–water partition coefficient (Wildman–Crippen LogP) is 2.02. The van der Waals surface area contributed by atoms with Crippen LogP contribution in [0.5, 0.6) is 0 Å². The molecule has 2 aliphatic rings. The maximum atomic E-state index is 13.3. The third-order valence-corrected chi connectivity index (χ3v) is 4.25. The first kappa shape index (κ1) is 13.1. The van der Waals surface area contributed by atoms with Gasteiger partial charge in [-0.15, -0.1) is 0 Å². The molecule has 4 nitrogen and oxygen atoms in total. The summed E-state index contributed by atoms with van der Waals surface area (Å²) < 4.78 is 13.3. The Kier molecular flexibility index (Phi) is 3.74. The van der Waals surface area contributed by atoms with Gasteiger partial charge in [0, 0.05) is 19.5 Å². The quantitative estimate of drug-likeness (QED) is 0.663. The van der Waals surface area contributed by atoms with E-state index in [4.69, 9.17) is 5.26 Å². The first-order chi connectivity index (χ1) is 8.52. The highest BCUT2D eigenvalue weighted by atomic mass is 19.1. The lowest BCUT2D eigenvalue weighted by Crippen LogP contribution is -2.50. The van der Waals surface area contributed by atoms with Crippen LogP contribution in [0.4, 0.5) is 9.18 Å². The number of halogens is 1. The molecule has 0 bridgehead atoms. The molecule has 0 radical (unpaired) electrons. The van der Waals surface area contributed by atoms with Crippen LogP contribution in [0.3, 0.4) is 0 Å². The molecule has 0 N–H and O–H groups in total. The summed E-state index contributed by atoms with van der Waals surface area (Å²) in [6.07, 6.45) is 0.0822. The zero-order valence-corrected chi connectivity index (χ0v) is 11.0. The van der Waals surface area contributed by atoms with E-state index >= 15 is 0 Å². The average Bonchev–Trinajstić information content (AvgIpc) is 2.73. The van der Waals surface area contributed by atoms with Gasteiger partial charge >= 0.3 is 6.03 Å². The number of hydrogen-bond donors (Lipinski definition) is 0. The molecule has 0 aromatic carbocycles. The predicted molar refractivity (Wildman–Crippen MR) is 65.5 cm³/mol. The van der Waals surface area contributed by atoms with Crippen LogP contribution in [-0.4, -0.2) is 47.7 Å². The van der Waals surface area contributed by atoms with Gasteiger partial charge in [0.2, 0.25) is 0 Å². The Balaban J connectivity index is 2.01. The van der Waals surface area contributed by atoms with Crippen LogP contribution in [0.1, 0.15) is 26.7 Å². The molecule has 18 heavy (non-hydrogen) atoms. The molecule has 0 aliphatic carbocycles. The topological polar surface area (TPSA) is 47.3 Å². The standard InChI is InChI=1S/C13H20FN3O/c1-9-3-4-16(7-10(9)2)13(18)17-8-11(14)5-12(17)6-15/h9-12H,3-5,7-8H2,1-2H3. The normalized spacial score (nSPS) is 36.6. The van der Waals surface area contributed by atoms with Crippen LogP contribution in [0.15, 0.2) is 0 Å². The molecule has 0 spiro atoms. The molecular formula is C13H20FN3O. The van der Waals surface area contributed by atoms with E-state index in [1.54, 1.807) is 4.90 Å². The summed E-state index contributed by atoms with van der Waals surface area (Å²) in [5, 5.41) is 8.97. The third-order valence-electron chi connectivity index (χ3n) is 4.25. The molecule has 100 valence electrons. The van der Waals surface area contributed by atoms with Crippen molar-refractivity contribution in [1.29, 1.82) is 5.26 Å². The summed E-state index contributed by atoms with van der Waals surface area (Å²) in [6, 6.07) is 1.26. The summed E-state index contributed by atoms with van der Waals surface area (Å²) in [6.45, 7) is 5.82. The van der Waals surface area contributed by atoms with E-state index in [9.17, 15) is 9.18 Å². The fraction of sp³-hybridized carbons (Fsp3) is 0.846. The highest BCUT2D eigenvalue weighted by Crippen LogP contribution is 2.26. The summed E-state index contributed by atoms with van der Waals surface area (Å²) in [4.78, 5) is 15.5. The second-order valence-corrected chi connectivity index (χ2v) is 5.60. The fourth-order valence-electron chi connectivity index (χ4n) is 2.74. The van der Waals surface area contributed by atoms with E-state index in [2.05, 4.69) is 13.8 Å². The lowest BCUT2D eigenvalue weighted by molar-refractivity contribution is 0.114. The minimum Gasteiger partial charge on any atom is -0.324 e. The number of nitrogens with zero attached hydrogens (tertiary/aromatic N) is 3. The van der Waals surface area contributed by atoms with Gasteiger partial charge in [0.15, 0.2) is 0 Å². The molecule has 2 fully saturated rings. The SMILES string of the molecule is CC1CCN(C(=O)N2CC(F)CC2C#N)CC1C. The average molecular weight is 253 g/mol. The van der Waals surface area contributed by atoms with Gasteiger partial charge in [-0.3, -0.25) is 0 Å². The van der Waals surface area contributed by atoms with Gasteiger partial charge in [0.1, 0.15) is 12.2 Å². The molecule has 4 atom stereocenters. The highest BCUT2D eigenvalue weighted by Gasteiger charge is 2.38. The second kappa shape index (κ2) is 5.13. The Hall–Kier alpha value is -1.31. The van der Waals surface area contributed by atoms with E-state index in [-0.39, 0.29) is 19.0 Å². The number of rotatable bonds is 0. The van der Waals surface area contributed by atoms with Crippen molar-refractivity contribution in [3.8, 4) is 6.07 Å². The number of nitriles is 1. The Bertz CT molecular complexity index is 368. The first-order valence-electron chi connectivity index (χ1n) is 6.62. The number of amides is 2. The van der Waals surface area contributed by atoms with E-state index in [1.165, 1.54) is 4.90 Å². The number of carbonyl (C=O) groups is 1. The monoisotopic (exact) mass is 253 g/mol. The second-order valence-electron chi connectivity index (χ2n) is 5.60. The number of likely N-dealkylation sites (tertiary alicyclic amines) is 2. The van der Waals surface area contributed by atoms with E-state index in [0.717, 1.165) is 13.0 Å². The van der Waals surface area contributed by atoms with Gasteiger partial charge in [-0.25, -0.2) is 9.18 Å². The van der Waals surface area contributed by atoms with Crippen molar-refractivity contribution in [1.82, 2.24) is 9.80 Å².